The minimum Gasteiger partial charge on any atom is -0.383 e. The van der Waals surface area contributed by atoms with Crippen LogP contribution in [-0.2, 0) is 9.53 Å². The van der Waals surface area contributed by atoms with Gasteiger partial charge in [-0.1, -0.05) is 0 Å². The first-order chi connectivity index (χ1) is 7.72. The number of methoxy groups -OCH3 is 1. The van der Waals surface area contributed by atoms with E-state index in [-0.39, 0.29) is 12.5 Å². The van der Waals surface area contributed by atoms with Crippen LogP contribution in [0.1, 0.15) is 0 Å². The summed E-state index contributed by atoms with van der Waals surface area (Å²) in [5, 5.41) is 5.68. The number of hydrogen-bond acceptors (Lipinski definition) is 4. The molecule has 6 heteroatoms. The van der Waals surface area contributed by atoms with Gasteiger partial charge in [0.2, 0.25) is 5.91 Å². The lowest BCUT2D eigenvalue weighted by Gasteiger charge is -2.07. The number of nitrogens with zero attached hydrogens (tertiary/aromatic N) is 1. The van der Waals surface area contributed by atoms with Crippen molar-refractivity contribution >= 4 is 27.5 Å². The molecule has 0 saturated carbocycles. The van der Waals surface area contributed by atoms with Crippen molar-refractivity contribution < 1.29 is 9.53 Å². The number of hydrogen-bond donors (Lipinski definition) is 2. The predicted octanol–water partition coefficient (Wildman–Crippen LogP) is 1.02. The molecule has 2 N–H and O–H groups in total. The zero-order valence-corrected chi connectivity index (χ0v) is 10.6. The maximum Gasteiger partial charge on any atom is 0.239 e. The van der Waals surface area contributed by atoms with E-state index >= 15 is 0 Å². The lowest BCUT2D eigenvalue weighted by molar-refractivity contribution is -0.119. The van der Waals surface area contributed by atoms with Gasteiger partial charge in [0, 0.05) is 24.3 Å². The largest absolute Gasteiger partial charge is 0.383 e. The lowest BCUT2D eigenvalue weighted by atomic mass is 10.4. The van der Waals surface area contributed by atoms with Crippen LogP contribution in [-0.4, -0.2) is 37.7 Å². The molecule has 1 amide bonds. The van der Waals surface area contributed by atoms with Crippen molar-refractivity contribution in [3.05, 3.63) is 22.9 Å². The fourth-order valence-electron chi connectivity index (χ4n) is 1.05. The topological polar surface area (TPSA) is 63.2 Å². The van der Waals surface area contributed by atoms with Crippen molar-refractivity contribution in [2.75, 3.05) is 32.1 Å². The Kier molecular flexibility index (Phi) is 5.81. The Hall–Kier alpha value is -1.14. The van der Waals surface area contributed by atoms with Crippen LogP contribution in [0, 0.1) is 0 Å². The number of anilines is 1. The SMILES string of the molecule is COCCNC(=O)CNc1cncc(Br)c1. The van der Waals surface area contributed by atoms with Crippen molar-refractivity contribution in [2.45, 2.75) is 0 Å². The monoisotopic (exact) mass is 287 g/mol. The van der Waals surface area contributed by atoms with Crippen molar-refractivity contribution in [1.82, 2.24) is 10.3 Å². The third-order valence-electron chi connectivity index (χ3n) is 1.79. The quantitative estimate of drug-likeness (QED) is 0.767. The maximum absolute atomic E-state index is 11.3. The van der Waals surface area contributed by atoms with Crippen molar-refractivity contribution in [1.29, 1.82) is 0 Å². The minimum atomic E-state index is -0.0722. The van der Waals surface area contributed by atoms with Gasteiger partial charge in [0.05, 0.1) is 25.0 Å². The van der Waals surface area contributed by atoms with Crippen LogP contribution < -0.4 is 10.6 Å². The second-order valence-electron chi connectivity index (χ2n) is 3.09. The normalized spacial score (nSPS) is 9.88. The van der Waals surface area contributed by atoms with Gasteiger partial charge in [0.1, 0.15) is 0 Å². The molecule has 1 aromatic rings. The van der Waals surface area contributed by atoms with Gasteiger partial charge < -0.3 is 15.4 Å². The van der Waals surface area contributed by atoms with Crippen LogP contribution in [0.25, 0.3) is 0 Å². The van der Waals surface area contributed by atoms with Crippen LogP contribution in [0.2, 0.25) is 0 Å². The Bertz CT molecular complexity index is 347. The van der Waals surface area contributed by atoms with Gasteiger partial charge in [-0.05, 0) is 22.0 Å². The zero-order valence-electron chi connectivity index (χ0n) is 9.00. The molecule has 88 valence electrons. The van der Waals surface area contributed by atoms with E-state index < -0.39 is 0 Å². The number of aromatic nitrogens is 1. The van der Waals surface area contributed by atoms with Gasteiger partial charge in [-0.25, -0.2) is 0 Å². The van der Waals surface area contributed by atoms with E-state index in [2.05, 4.69) is 31.5 Å². The molecule has 0 bridgehead atoms. The Morgan fingerprint density at radius 2 is 2.38 bits per heavy atom. The van der Waals surface area contributed by atoms with Gasteiger partial charge in [0.25, 0.3) is 0 Å². The maximum atomic E-state index is 11.3. The standard InChI is InChI=1S/C10H14BrN3O2/c1-16-3-2-13-10(15)7-14-9-4-8(11)5-12-6-9/h4-6,14H,2-3,7H2,1H3,(H,13,15). The second-order valence-corrected chi connectivity index (χ2v) is 4.00. The third kappa shape index (κ3) is 5.09. The first-order valence-electron chi connectivity index (χ1n) is 4.82. The molecule has 16 heavy (non-hydrogen) atoms. The average molecular weight is 288 g/mol. The molecule has 0 aliphatic carbocycles. The molecule has 0 fully saturated rings. The Labute approximate surface area is 103 Å². The first-order valence-corrected chi connectivity index (χ1v) is 5.61. The number of carbonyl (C=O) groups excluding carboxylic acids is 1. The van der Waals surface area contributed by atoms with Crippen LogP contribution in [0.4, 0.5) is 5.69 Å². The molecule has 0 saturated heterocycles. The second kappa shape index (κ2) is 7.19. The summed E-state index contributed by atoms with van der Waals surface area (Å²) in [5.41, 5.74) is 0.802. The van der Waals surface area contributed by atoms with Gasteiger partial charge >= 0.3 is 0 Å². The van der Waals surface area contributed by atoms with Crippen molar-refractivity contribution in [3.8, 4) is 0 Å². The molecule has 0 aliphatic heterocycles. The average Bonchev–Trinajstić information content (AvgIpc) is 2.27. The number of ether oxygens (including phenoxy) is 1. The summed E-state index contributed by atoms with van der Waals surface area (Å²) in [5.74, 6) is -0.0722. The van der Waals surface area contributed by atoms with E-state index in [1.165, 1.54) is 0 Å². The Morgan fingerprint density at radius 1 is 1.56 bits per heavy atom. The van der Waals surface area contributed by atoms with Crippen LogP contribution in [0.15, 0.2) is 22.9 Å². The zero-order chi connectivity index (χ0) is 11.8. The third-order valence-corrected chi connectivity index (χ3v) is 2.22. The van der Waals surface area contributed by atoms with Crippen LogP contribution in [0.5, 0.6) is 0 Å². The minimum absolute atomic E-state index is 0.0722. The first kappa shape index (κ1) is 12.9. The number of nitrogens with one attached hydrogen (secondary N) is 2. The molecule has 5 nitrogen and oxygen atoms in total. The van der Waals surface area contributed by atoms with E-state index in [1.54, 1.807) is 19.5 Å². The fraction of sp³-hybridized carbons (Fsp3) is 0.400. The predicted molar refractivity (Wildman–Crippen MR) is 65.3 cm³/mol. The highest BCUT2D eigenvalue weighted by Crippen LogP contribution is 2.12. The molecule has 1 heterocycles. The molecule has 0 radical (unpaired) electrons. The fourth-order valence-corrected chi connectivity index (χ4v) is 1.41. The number of carbonyl (C=O) groups is 1. The van der Waals surface area contributed by atoms with Crippen LogP contribution >= 0.6 is 15.9 Å². The number of halogens is 1. The van der Waals surface area contributed by atoms with Gasteiger partial charge in [-0.2, -0.15) is 0 Å². The van der Waals surface area contributed by atoms with E-state index in [9.17, 15) is 4.79 Å². The lowest BCUT2D eigenvalue weighted by Crippen LogP contribution is -2.32. The molecular weight excluding hydrogens is 274 g/mol. The Morgan fingerprint density at radius 3 is 3.06 bits per heavy atom. The molecule has 0 aromatic carbocycles. The summed E-state index contributed by atoms with van der Waals surface area (Å²) >= 11 is 3.30. The van der Waals surface area contributed by atoms with Gasteiger partial charge in [0.15, 0.2) is 0 Å². The van der Waals surface area contributed by atoms with Gasteiger partial charge in [-0.15, -0.1) is 0 Å². The number of rotatable bonds is 6. The highest BCUT2D eigenvalue weighted by molar-refractivity contribution is 9.10. The highest BCUT2D eigenvalue weighted by Gasteiger charge is 2.00. The van der Waals surface area contributed by atoms with E-state index in [0.717, 1.165) is 10.2 Å². The van der Waals surface area contributed by atoms with Crippen molar-refractivity contribution in [3.63, 3.8) is 0 Å². The van der Waals surface area contributed by atoms with Gasteiger partial charge in [-0.3, -0.25) is 9.78 Å². The molecular formula is C10H14BrN3O2. The Balaban J connectivity index is 2.26. The van der Waals surface area contributed by atoms with E-state index in [1.807, 2.05) is 6.07 Å². The molecule has 0 unspecified atom stereocenters. The van der Waals surface area contributed by atoms with E-state index in [0.29, 0.717) is 13.2 Å². The summed E-state index contributed by atoms with van der Waals surface area (Å²) in [6, 6.07) is 1.86. The molecule has 0 spiro atoms. The molecule has 0 aliphatic rings. The summed E-state index contributed by atoms with van der Waals surface area (Å²) in [4.78, 5) is 15.3. The summed E-state index contributed by atoms with van der Waals surface area (Å²) < 4.78 is 5.69. The summed E-state index contributed by atoms with van der Waals surface area (Å²) in [6.07, 6.45) is 3.34. The van der Waals surface area contributed by atoms with E-state index in [4.69, 9.17) is 4.74 Å². The van der Waals surface area contributed by atoms with Crippen LogP contribution in [0.3, 0.4) is 0 Å². The van der Waals surface area contributed by atoms with Crippen molar-refractivity contribution in [2.24, 2.45) is 0 Å². The molecule has 1 aromatic heterocycles. The summed E-state index contributed by atoms with van der Waals surface area (Å²) in [7, 11) is 1.59. The number of amides is 1. The number of pyridine rings is 1. The molecule has 0 atom stereocenters. The highest BCUT2D eigenvalue weighted by atomic mass is 79.9. The molecule has 1 rings (SSSR count). The summed E-state index contributed by atoms with van der Waals surface area (Å²) in [6.45, 7) is 1.26. The smallest absolute Gasteiger partial charge is 0.239 e.